The molecule has 1 amide bonds. The molecule has 6 heteroatoms. The molecule has 0 atom stereocenters. The lowest BCUT2D eigenvalue weighted by Gasteiger charge is -2.18. The van der Waals surface area contributed by atoms with E-state index in [4.69, 9.17) is 14.2 Å². The molecular formula is C20H26N2O4. The predicted molar refractivity (Wildman–Crippen MR) is 102 cm³/mol. The van der Waals surface area contributed by atoms with Gasteiger partial charge in [0.25, 0.3) is 0 Å². The molecule has 26 heavy (non-hydrogen) atoms. The molecule has 0 saturated heterocycles. The van der Waals surface area contributed by atoms with Crippen LogP contribution in [0.25, 0.3) is 0 Å². The van der Waals surface area contributed by atoms with Gasteiger partial charge in [0.1, 0.15) is 5.75 Å². The average molecular weight is 358 g/mol. The van der Waals surface area contributed by atoms with Gasteiger partial charge in [0.2, 0.25) is 5.91 Å². The molecule has 0 fully saturated rings. The van der Waals surface area contributed by atoms with E-state index in [1.165, 1.54) is 0 Å². The Morgan fingerprint density at radius 3 is 2.58 bits per heavy atom. The third-order valence-corrected chi connectivity index (χ3v) is 3.75. The first kappa shape index (κ1) is 19.6. The summed E-state index contributed by atoms with van der Waals surface area (Å²) in [7, 11) is 5.11. The number of anilines is 1. The highest BCUT2D eigenvalue weighted by Gasteiger charge is 2.10. The zero-order valence-electron chi connectivity index (χ0n) is 15.7. The minimum Gasteiger partial charge on any atom is -0.497 e. The maximum Gasteiger partial charge on any atom is 0.238 e. The van der Waals surface area contributed by atoms with Crippen molar-refractivity contribution in [1.29, 1.82) is 0 Å². The Kier molecular flexibility index (Phi) is 7.29. The number of rotatable bonds is 9. The molecule has 0 aromatic heterocycles. The lowest BCUT2D eigenvalue weighted by atomic mass is 10.2. The Morgan fingerprint density at radius 1 is 1.08 bits per heavy atom. The van der Waals surface area contributed by atoms with Crippen molar-refractivity contribution >= 4 is 11.6 Å². The summed E-state index contributed by atoms with van der Waals surface area (Å²) in [4.78, 5) is 14.2. The highest BCUT2D eigenvalue weighted by atomic mass is 16.5. The number of hydrogen-bond donors (Lipinski definition) is 1. The SMILES string of the molecule is CCOc1ccc(CN(C)CC(=O)Nc2cccc(OC)c2)cc1OC. The van der Waals surface area contributed by atoms with Crippen LogP contribution in [0.2, 0.25) is 0 Å². The topological polar surface area (TPSA) is 60.0 Å². The third kappa shape index (κ3) is 5.67. The highest BCUT2D eigenvalue weighted by molar-refractivity contribution is 5.92. The molecular weight excluding hydrogens is 332 g/mol. The fourth-order valence-corrected chi connectivity index (χ4v) is 2.60. The molecule has 0 spiro atoms. The first-order valence-electron chi connectivity index (χ1n) is 8.47. The van der Waals surface area contributed by atoms with Crippen LogP contribution < -0.4 is 19.5 Å². The van der Waals surface area contributed by atoms with Crippen LogP contribution in [0.15, 0.2) is 42.5 Å². The van der Waals surface area contributed by atoms with Gasteiger partial charge in [-0.05, 0) is 43.8 Å². The van der Waals surface area contributed by atoms with E-state index in [1.54, 1.807) is 20.3 Å². The average Bonchev–Trinajstić information content (AvgIpc) is 2.63. The van der Waals surface area contributed by atoms with E-state index < -0.39 is 0 Å². The van der Waals surface area contributed by atoms with Crippen LogP contribution in [0.4, 0.5) is 5.69 Å². The van der Waals surface area contributed by atoms with E-state index in [9.17, 15) is 4.79 Å². The number of amides is 1. The maximum absolute atomic E-state index is 12.2. The van der Waals surface area contributed by atoms with Gasteiger partial charge in [0.15, 0.2) is 11.5 Å². The van der Waals surface area contributed by atoms with Gasteiger partial charge in [0, 0.05) is 18.3 Å². The third-order valence-electron chi connectivity index (χ3n) is 3.75. The summed E-state index contributed by atoms with van der Waals surface area (Å²) < 4.78 is 16.1. The predicted octanol–water partition coefficient (Wildman–Crippen LogP) is 3.17. The zero-order chi connectivity index (χ0) is 18.9. The maximum atomic E-state index is 12.2. The number of ether oxygens (including phenoxy) is 3. The molecule has 0 radical (unpaired) electrons. The van der Waals surface area contributed by atoms with Gasteiger partial charge < -0.3 is 19.5 Å². The van der Waals surface area contributed by atoms with Crippen molar-refractivity contribution < 1.29 is 19.0 Å². The molecule has 0 bridgehead atoms. The summed E-state index contributed by atoms with van der Waals surface area (Å²) in [5.41, 5.74) is 1.76. The number of hydrogen-bond acceptors (Lipinski definition) is 5. The zero-order valence-corrected chi connectivity index (χ0v) is 15.7. The fraction of sp³-hybridized carbons (Fsp3) is 0.350. The summed E-state index contributed by atoms with van der Waals surface area (Å²) in [6.45, 7) is 3.41. The van der Waals surface area contributed by atoms with Gasteiger partial charge in [-0.15, -0.1) is 0 Å². The van der Waals surface area contributed by atoms with E-state index in [1.807, 2.05) is 55.3 Å². The summed E-state index contributed by atoms with van der Waals surface area (Å²) in [5, 5.41) is 2.88. The van der Waals surface area contributed by atoms with Crippen LogP contribution in [0.5, 0.6) is 17.2 Å². The second-order valence-corrected chi connectivity index (χ2v) is 5.87. The number of benzene rings is 2. The van der Waals surface area contributed by atoms with E-state index in [-0.39, 0.29) is 12.5 Å². The number of nitrogens with one attached hydrogen (secondary N) is 1. The molecule has 140 valence electrons. The molecule has 2 aromatic carbocycles. The van der Waals surface area contributed by atoms with Crippen LogP contribution in [-0.4, -0.2) is 45.2 Å². The van der Waals surface area contributed by atoms with Crippen LogP contribution in [0, 0.1) is 0 Å². The van der Waals surface area contributed by atoms with Crippen LogP contribution in [-0.2, 0) is 11.3 Å². The quantitative estimate of drug-likeness (QED) is 0.746. The summed E-state index contributed by atoms with van der Waals surface area (Å²) in [6.07, 6.45) is 0. The molecule has 2 aromatic rings. The number of likely N-dealkylation sites (N-methyl/N-ethyl adjacent to an activating group) is 1. The Bertz CT molecular complexity index is 734. The normalized spacial score (nSPS) is 10.5. The second-order valence-electron chi connectivity index (χ2n) is 5.87. The molecule has 0 saturated carbocycles. The van der Waals surface area contributed by atoms with Crippen LogP contribution in [0.1, 0.15) is 12.5 Å². The molecule has 6 nitrogen and oxygen atoms in total. The van der Waals surface area contributed by atoms with Crippen molar-refractivity contribution in [3.05, 3.63) is 48.0 Å². The van der Waals surface area contributed by atoms with Crippen molar-refractivity contribution in [3.8, 4) is 17.2 Å². The van der Waals surface area contributed by atoms with E-state index in [0.717, 1.165) is 11.3 Å². The molecule has 0 aliphatic carbocycles. The standard InChI is InChI=1S/C20H26N2O4/c1-5-26-18-10-9-15(11-19(18)25-4)13-22(2)14-20(23)21-16-7-6-8-17(12-16)24-3/h6-12H,5,13-14H2,1-4H3,(H,21,23). The Labute approximate surface area is 154 Å². The van der Waals surface area contributed by atoms with Crippen molar-refractivity contribution in [1.82, 2.24) is 4.90 Å². The van der Waals surface area contributed by atoms with Crippen LogP contribution in [0.3, 0.4) is 0 Å². The van der Waals surface area contributed by atoms with Gasteiger partial charge in [-0.1, -0.05) is 12.1 Å². The minimum atomic E-state index is -0.0846. The second kappa shape index (κ2) is 9.68. The van der Waals surface area contributed by atoms with Crippen molar-refractivity contribution in [2.45, 2.75) is 13.5 Å². The highest BCUT2D eigenvalue weighted by Crippen LogP contribution is 2.28. The Morgan fingerprint density at radius 2 is 1.88 bits per heavy atom. The Hall–Kier alpha value is -2.73. The first-order valence-corrected chi connectivity index (χ1v) is 8.47. The first-order chi connectivity index (χ1) is 12.5. The molecule has 0 aliphatic rings. The van der Waals surface area contributed by atoms with Crippen molar-refractivity contribution in [3.63, 3.8) is 0 Å². The molecule has 0 aliphatic heterocycles. The molecule has 2 rings (SSSR count). The molecule has 1 N–H and O–H groups in total. The van der Waals surface area contributed by atoms with Gasteiger partial charge in [-0.2, -0.15) is 0 Å². The van der Waals surface area contributed by atoms with Gasteiger partial charge in [-0.3, -0.25) is 9.69 Å². The summed E-state index contributed by atoms with van der Waals surface area (Å²) >= 11 is 0. The van der Waals surface area contributed by atoms with Gasteiger partial charge in [0.05, 0.1) is 27.4 Å². The summed E-state index contributed by atoms with van der Waals surface area (Å²) in [5.74, 6) is 2.03. The number of carbonyl (C=O) groups excluding carboxylic acids is 1. The number of carbonyl (C=O) groups is 1. The Balaban J connectivity index is 1.93. The van der Waals surface area contributed by atoms with Crippen molar-refractivity contribution in [2.24, 2.45) is 0 Å². The number of nitrogens with zero attached hydrogens (tertiary/aromatic N) is 1. The minimum absolute atomic E-state index is 0.0846. The van der Waals surface area contributed by atoms with Gasteiger partial charge >= 0.3 is 0 Å². The van der Waals surface area contributed by atoms with Crippen molar-refractivity contribution in [2.75, 3.05) is 39.7 Å². The van der Waals surface area contributed by atoms with Crippen LogP contribution >= 0.6 is 0 Å². The molecule has 0 heterocycles. The van der Waals surface area contributed by atoms with E-state index in [0.29, 0.717) is 30.3 Å². The monoisotopic (exact) mass is 358 g/mol. The smallest absolute Gasteiger partial charge is 0.238 e. The van der Waals surface area contributed by atoms with Gasteiger partial charge in [-0.25, -0.2) is 0 Å². The lowest BCUT2D eigenvalue weighted by Crippen LogP contribution is -2.29. The summed E-state index contributed by atoms with van der Waals surface area (Å²) in [6, 6.07) is 13.1. The molecule has 0 unspecified atom stereocenters. The fourth-order valence-electron chi connectivity index (χ4n) is 2.60. The lowest BCUT2D eigenvalue weighted by molar-refractivity contribution is -0.117. The largest absolute Gasteiger partial charge is 0.497 e. The van der Waals surface area contributed by atoms with E-state index in [2.05, 4.69) is 5.32 Å². The number of methoxy groups -OCH3 is 2. The van der Waals surface area contributed by atoms with E-state index >= 15 is 0 Å².